The molecule has 1 aromatic heterocycles. The van der Waals surface area contributed by atoms with Gasteiger partial charge in [-0.15, -0.1) is 10.2 Å². The lowest BCUT2D eigenvalue weighted by atomic mass is 10.2. The number of benzene rings is 2. The van der Waals surface area contributed by atoms with Gasteiger partial charge in [0, 0.05) is 16.3 Å². The molecule has 0 aliphatic carbocycles. The van der Waals surface area contributed by atoms with E-state index in [9.17, 15) is 9.59 Å². The van der Waals surface area contributed by atoms with Crippen LogP contribution in [0.1, 0.15) is 0 Å². The highest BCUT2D eigenvalue weighted by atomic mass is 35.5. The van der Waals surface area contributed by atoms with Crippen molar-refractivity contribution in [3.63, 3.8) is 0 Å². The first kappa shape index (κ1) is 20.7. The number of nitrogens with zero attached hydrogens (tertiary/aromatic N) is 2. The predicted octanol–water partition coefficient (Wildman–Crippen LogP) is 3.25. The van der Waals surface area contributed by atoms with Crippen molar-refractivity contribution in [3.8, 4) is 17.2 Å². The Kier molecular flexibility index (Phi) is 7.09. The molecule has 0 atom stereocenters. The van der Waals surface area contributed by atoms with Gasteiger partial charge >= 0.3 is 0 Å². The van der Waals surface area contributed by atoms with Gasteiger partial charge in [-0.25, -0.2) is 0 Å². The van der Waals surface area contributed by atoms with Crippen molar-refractivity contribution in [3.05, 3.63) is 53.6 Å². The number of aromatic nitrogens is 2. The number of carbonyl (C=O) groups excluding carboxylic acids is 2. The Labute approximate surface area is 176 Å². The number of methoxy groups -OCH3 is 1. The number of hydrogen-bond acceptors (Lipinski definition) is 7. The zero-order valence-corrected chi connectivity index (χ0v) is 16.9. The van der Waals surface area contributed by atoms with E-state index in [-0.39, 0.29) is 29.3 Å². The van der Waals surface area contributed by atoms with E-state index in [1.54, 1.807) is 55.6 Å². The Morgan fingerprint density at radius 2 is 1.79 bits per heavy atom. The number of anilines is 1. The minimum absolute atomic E-state index is 0.0401. The number of thioether (sulfide) groups is 1. The summed E-state index contributed by atoms with van der Waals surface area (Å²) in [7, 11) is 1.59. The highest BCUT2D eigenvalue weighted by molar-refractivity contribution is 7.99. The van der Waals surface area contributed by atoms with Crippen molar-refractivity contribution in [1.29, 1.82) is 0 Å². The third-order valence-electron chi connectivity index (χ3n) is 3.64. The Morgan fingerprint density at radius 3 is 2.48 bits per heavy atom. The van der Waals surface area contributed by atoms with Crippen LogP contribution in [0.4, 0.5) is 5.69 Å². The molecule has 150 valence electrons. The van der Waals surface area contributed by atoms with Gasteiger partial charge in [-0.2, -0.15) is 0 Å². The van der Waals surface area contributed by atoms with Gasteiger partial charge in [0.2, 0.25) is 17.7 Å². The summed E-state index contributed by atoms with van der Waals surface area (Å²) in [6.45, 7) is -0.150. The molecule has 29 heavy (non-hydrogen) atoms. The molecular formula is C19H17ClN4O4S. The van der Waals surface area contributed by atoms with E-state index in [0.29, 0.717) is 16.6 Å². The molecule has 0 fully saturated rings. The van der Waals surface area contributed by atoms with E-state index in [2.05, 4.69) is 20.8 Å². The van der Waals surface area contributed by atoms with E-state index < -0.39 is 0 Å². The molecule has 2 aromatic carbocycles. The highest BCUT2D eigenvalue weighted by Crippen LogP contribution is 2.24. The molecule has 0 saturated carbocycles. The third kappa shape index (κ3) is 6.23. The van der Waals surface area contributed by atoms with Crippen LogP contribution in [0, 0.1) is 0 Å². The fraction of sp³-hybridized carbons (Fsp3) is 0.158. The molecule has 0 radical (unpaired) electrons. The molecule has 10 heteroatoms. The van der Waals surface area contributed by atoms with Crippen molar-refractivity contribution < 1.29 is 18.7 Å². The van der Waals surface area contributed by atoms with Crippen molar-refractivity contribution >= 4 is 40.9 Å². The lowest BCUT2D eigenvalue weighted by Gasteiger charge is -2.06. The summed E-state index contributed by atoms with van der Waals surface area (Å²) in [6, 6.07) is 13.8. The van der Waals surface area contributed by atoms with Gasteiger partial charge in [0.25, 0.3) is 5.22 Å². The van der Waals surface area contributed by atoms with Crippen LogP contribution >= 0.6 is 23.4 Å². The van der Waals surface area contributed by atoms with E-state index in [1.807, 2.05) is 0 Å². The minimum Gasteiger partial charge on any atom is -0.497 e. The van der Waals surface area contributed by atoms with E-state index >= 15 is 0 Å². The molecule has 2 N–H and O–H groups in total. The van der Waals surface area contributed by atoms with Gasteiger partial charge < -0.3 is 19.8 Å². The smallest absolute Gasteiger partial charge is 0.277 e. The topological polar surface area (TPSA) is 106 Å². The number of hydrogen-bond donors (Lipinski definition) is 2. The quantitative estimate of drug-likeness (QED) is 0.526. The number of nitrogens with one attached hydrogen (secondary N) is 2. The Hall–Kier alpha value is -3.04. The summed E-state index contributed by atoms with van der Waals surface area (Å²) >= 11 is 6.88. The number of halogens is 1. The first-order valence-electron chi connectivity index (χ1n) is 8.46. The fourth-order valence-corrected chi connectivity index (χ4v) is 2.93. The third-order valence-corrected chi connectivity index (χ3v) is 4.71. The first-order valence-corrected chi connectivity index (χ1v) is 9.82. The van der Waals surface area contributed by atoms with Crippen molar-refractivity contribution in [2.75, 3.05) is 24.7 Å². The number of ether oxygens (including phenoxy) is 1. The van der Waals surface area contributed by atoms with Crippen LogP contribution in [0.5, 0.6) is 5.75 Å². The van der Waals surface area contributed by atoms with Crippen LogP contribution in [0.2, 0.25) is 5.02 Å². The van der Waals surface area contributed by atoms with Crippen LogP contribution in [0.3, 0.4) is 0 Å². The maximum absolute atomic E-state index is 11.9. The molecular weight excluding hydrogens is 416 g/mol. The van der Waals surface area contributed by atoms with Crippen LogP contribution in [0.15, 0.2) is 58.2 Å². The highest BCUT2D eigenvalue weighted by Gasteiger charge is 2.12. The van der Waals surface area contributed by atoms with Crippen molar-refractivity contribution in [2.45, 2.75) is 5.22 Å². The minimum atomic E-state index is -0.342. The summed E-state index contributed by atoms with van der Waals surface area (Å²) in [4.78, 5) is 23.8. The normalized spacial score (nSPS) is 10.4. The molecule has 1 heterocycles. The van der Waals surface area contributed by atoms with Crippen molar-refractivity contribution in [2.24, 2.45) is 0 Å². The van der Waals surface area contributed by atoms with Gasteiger partial charge in [0.15, 0.2) is 0 Å². The van der Waals surface area contributed by atoms with Crippen LogP contribution in [0.25, 0.3) is 11.5 Å². The molecule has 0 unspecified atom stereocenters. The molecule has 3 aromatic rings. The maximum atomic E-state index is 11.9. The summed E-state index contributed by atoms with van der Waals surface area (Å²) in [5, 5.41) is 13.9. The standard InChI is InChI=1S/C19H17ClN4O4S/c1-27-15-8-2-12(3-9-15)18-23-24-19(28-18)29-11-17(26)21-10-16(25)22-14-6-4-13(20)5-7-14/h2-9H,10-11H2,1H3,(H,21,26)(H,22,25). The average Bonchev–Trinajstić information content (AvgIpc) is 3.21. The molecule has 8 nitrogen and oxygen atoms in total. The first-order chi connectivity index (χ1) is 14.0. The zero-order chi connectivity index (χ0) is 20.6. The molecule has 2 amide bonds. The predicted molar refractivity (Wildman–Crippen MR) is 110 cm³/mol. The molecule has 0 aliphatic rings. The van der Waals surface area contributed by atoms with Gasteiger partial charge in [0.05, 0.1) is 19.4 Å². The van der Waals surface area contributed by atoms with Gasteiger partial charge in [0.1, 0.15) is 5.75 Å². The van der Waals surface area contributed by atoms with E-state index in [4.69, 9.17) is 20.8 Å². The van der Waals surface area contributed by atoms with E-state index in [0.717, 1.165) is 23.1 Å². The molecule has 0 bridgehead atoms. The second kappa shape index (κ2) is 9.94. The van der Waals surface area contributed by atoms with Crippen LogP contribution in [-0.4, -0.2) is 41.4 Å². The number of carbonyl (C=O) groups is 2. The Morgan fingerprint density at radius 1 is 1.07 bits per heavy atom. The number of rotatable bonds is 8. The van der Waals surface area contributed by atoms with Crippen molar-refractivity contribution in [1.82, 2.24) is 15.5 Å². The monoisotopic (exact) mass is 432 g/mol. The molecule has 0 aliphatic heterocycles. The lowest BCUT2D eigenvalue weighted by Crippen LogP contribution is -2.33. The molecule has 3 rings (SSSR count). The van der Waals surface area contributed by atoms with E-state index in [1.165, 1.54) is 0 Å². The second-order valence-corrected chi connectivity index (χ2v) is 7.09. The number of amides is 2. The summed E-state index contributed by atoms with van der Waals surface area (Å²) < 4.78 is 10.6. The van der Waals surface area contributed by atoms with Crippen LogP contribution in [-0.2, 0) is 9.59 Å². The van der Waals surface area contributed by atoms with Gasteiger partial charge in [-0.05, 0) is 48.5 Å². The van der Waals surface area contributed by atoms with Gasteiger partial charge in [-0.1, -0.05) is 23.4 Å². The summed E-state index contributed by atoms with van der Waals surface area (Å²) in [5.41, 5.74) is 1.34. The SMILES string of the molecule is COc1ccc(-c2nnc(SCC(=O)NCC(=O)Nc3ccc(Cl)cc3)o2)cc1. The largest absolute Gasteiger partial charge is 0.497 e. The average molecular weight is 433 g/mol. The van der Waals surface area contributed by atoms with Gasteiger partial charge in [-0.3, -0.25) is 9.59 Å². The van der Waals surface area contributed by atoms with Crippen LogP contribution < -0.4 is 15.4 Å². The lowest BCUT2D eigenvalue weighted by molar-refractivity contribution is -0.122. The zero-order valence-electron chi connectivity index (χ0n) is 15.3. The molecule has 0 spiro atoms. The maximum Gasteiger partial charge on any atom is 0.277 e. The fourth-order valence-electron chi connectivity index (χ4n) is 2.21. The Balaban J connectivity index is 1.42. The second-order valence-electron chi connectivity index (χ2n) is 5.72. The summed E-state index contributed by atoms with van der Waals surface area (Å²) in [6.07, 6.45) is 0. The summed E-state index contributed by atoms with van der Waals surface area (Å²) in [5.74, 6) is 0.437. The Bertz CT molecular complexity index is 977. The molecule has 0 saturated heterocycles.